The zero-order valence-electron chi connectivity index (χ0n) is 12.1. The van der Waals surface area contributed by atoms with Gasteiger partial charge in [0.2, 0.25) is 0 Å². The molecule has 3 rings (SSSR count). The molecule has 2 aromatic rings. The zero-order valence-corrected chi connectivity index (χ0v) is 13.0. The topological polar surface area (TPSA) is 41.6 Å². The molecule has 1 fully saturated rings. The van der Waals surface area contributed by atoms with Gasteiger partial charge in [0, 0.05) is 5.92 Å². The SMILES string of the molecule is CCCCC1CCC(c2nc(-c3cccs3)n[nH]2)CC1. The molecular formula is C16H23N3S. The van der Waals surface area contributed by atoms with E-state index in [2.05, 4.69) is 34.6 Å². The molecule has 1 aliphatic carbocycles. The summed E-state index contributed by atoms with van der Waals surface area (Å²) in [5.41, 5.74) is 0. The molecular weight excluding hydrogens is 266 g/mol. The first-order valence-electron chi connectivity index (χ1n) is 7.83. The Hall–Kier alpha value is -1.16. The summed E-state index contributed by atoms with van der Waals surface area (Å²) in [6.07, 6.45) is 9.40. The van der Waals surface area contributed by atoms with E-state index in [1.807, 2.05) is 0 Å². The number of nitrogens with one attached hydrogen (secondary N) is 1. The molecule has 0 aromatic carbocycles. The van der Waals surface area contributed by atoms with Crippen molar-refractivity contribution in [3.8, 4) is 10.7 Å². The molecule has 0 spiro atoms. The van der Waals surface area contributed by atoms with E-state index in [1.165, 1.54) is 44.9 Å². The molecule has 2 heterocycles. The third-order valence-corrected chi connectivity index (χ3v) is 5.31. The number of aromatic amines is 1. The van der Waals surface area contributed by atoms with Gasteiger partial charge in [-0.25, -0.2) is 4.98 Å². The van der Waals surface area contributed by atoms with Gasteiger partial charge in [-0.3, -0.25) is 5.10 Å². The lowest BCUT2D eigenvalue weighted by atomic mass is 9.79. The van der Waals surface area contributed by atoms with Crippen LogP contribution in [0.1, 0.15) is 63.6 Å². The van der Waals surface area contributed by atoms with Gasteiger partial charge in [0.1, 0.15) is 5.82 Å². The van der Waals surface area contributed by atoms with Crippen molar-refractivity contribution in [1.29, 1.82) is 0 Å². The molecule has 1 aliphatic rings. The van der Waals surface area contributed by atoms with Gasteiger partial charge in [-0.05, 0) is 43.0 Å². The van der Waals surface area contributed by atoms with Gasteiger partial charge in [-0.1, -0.05) is 32.3 Å². The second-order valence-electron chi connectivity index (χ2n) is 5.88. The molecule has 0 aliphatic heterocycles. The van der Waals surface area contributed by atoms with Gasteiger partial charge in [0.05, 0.1) is 4.88 Å². The molecule has 108 valence electrons. The standard InChI is InChI=1S/C16H23N3S/c1-2-3-5-12-7-9-13(10-8-12)15-17-16(19-18-15)14-6-4-11-20-14/h4,6,11-13H,2-3,5,7-10H2,1H3,(H,17,18,19). The van der Waals surface area contributed by atoms with Crippen LogP contribution in [0.25, 0.3) is 10.7 Å². The van der Waals surface area contributed by atoms with Crippen molar-refractivity contribution in [2.45, 2.75) is 57.8 Å². The van der Waals surface area contributed by atoms with Gasteiger partial charge in [-0.2, -0.15) is 5.10 Å². The number of H-pyrrole nitrogens is 1. The van der Waals surface area contributed by atoms with Crippen LogP contribution in [0.5, 0.6) is 0 Å². The quantitative estimate of drug-likeness (QED) is 0.841. The summed E-state index contributed by atoms with van der Waals surface area (Å²) in [7, 11) is 0. The summed E-state index contributed by atoms with van der Waals surface area (Å²) < 4.78 is 0. The molecule has 1 saturated carbocycles. The van der Waals surface area contributed by atoms with Gasteiger partial charge >= 0.3 is 0 Å². The van der Waals surface area contributed by atoms with Crippen LogP contribution in [0, 0.1) is 5.92 Å². The lowest BCUT2D eigenvalue weighted by Crippen LogP contribution is -2.14. The van der Waals surface area contributed by atoms with Crippen molar-refractivity contribution < 1.29 is 0 Å². The number of unbranched alkanes of at least 4 members (excludes halogenated alkanes) is 1. The minimum absolute atomic E-state index is 0.592. The number of hydrogen-bond acceptors (Lipinski definition) is 3. The summed E-state index contributed by atoms with van der Waals surface area (Å²) in [4.78, 5) is 5.86. The summed E-state index contributed by atoms with van der Waals surface area (Å²) in [5, 5.41) is 9.62. The average Bonchev–Trinajstić information content (AvgIpc) is 3.16. The Kier molecular flexibility index (Phi) is 4.51. The Balaban J connectivity index is 1.58. The van der Waals surface area contributed by atoms with Crippen LogP contribution in [0.2, 0.25) is 0 Å². The number of hydrogen-bond donors (Lipinski definition) is 1. The summed E-state index contributed by atoms with van der Waals surface area (Å²) in [5.74, 6) is 3.51. The minimum atomic E-state index is 0.592. The van der Waals surface area contributed by atoms with E-state index in [-0.39, 0.29) is 0 Å². The Bertz CT molecular complexity index is 510. The average molecular weight is 289 g/mol. The smallest absolute Gasteiger partial charge is 0.191 e. The summed E-state index contributed by atoms with van der Waals surface area (Å²) >= 11 is 1.70. The first-order chi connectivity index (χ1) is 9.86. The van der Waals surface area contributed by atoms with Crippen LogP contribution in [0.4, 0.5) is 0 Å². The molecule has 0 saturated heterocycles. The highest BCUT2D eigenvalue weighted by molar-refractivity contribution is 7.13. The number of nitrogens with zero attached hydrogens (tertiary/aromatic N) is 2. The fourth-order valence-electron chi connectivity index (χ4n) is 3.19. The van der Waals surface area contributed by atoms with Crippen LogP contribution in [0.3, 0.4) is 0 Å². The molecule has 0 atom stereocenters. The van der Waals surface area contributed by atoms with E-state index >= 15 is 0 Å². The van der Waals surface area contributed by atoms with Crippen molar-refractivity contribution in [1.82, 2.24) is 15.2 Å². The Labute approximate surface area is 124 Å². The van der Waals surface area contributed by atoms with Gasteiger partial charge < -0.3 is 0 Å². The van der Waals surface area contributed by atoms with E-state index < -0.39 is 0 Å². The van der Waals surface area contributed by atoms with E-state index in [0.29, 0.717) is 5.92 Å². The number of rotatable bonds is 5. The molecule has 0 bridgehead atoms. The second kappa shape index (κ2) is 6.53. The molecule has 4 heteroatoms. The maximum Gasteiger partial charge on any atom is 0.191 e. The highest BCUT2D eigenvalue weighted by Gasteiger charge is 2.24. The summed E-state index contributed by atoms with van der Waals surface area (Å²) in [6, 6.07) is 4.13. The minimum Gasteiger partial charge on any atom is -0.262 e. The summed E-state index contributed by atoms with van der Waals surface area (Å²) in [6.45, 7) is 2.28. The van der Waals surface area contributed by atoms with Gasteiger partial charge in [0.15, 0.2) is 5.82 Å². The third-order valence-electron chi connectivity index (χ3n) is 4.44. The van der Waals surface area contributed by atoms with Crippen LogP contribution in [-0.4, -0.2) is 15.2 Å². The fourth-order valence-corrected chi connectivity index (χ4v) is 3.85. The maximum atomic E-state index is 4.71. The lowest BCUT2D eigenvalue weighted by Gasteiger charge is -2.27. The molecule has 3 nitrogen and oxygen atoms in total. The highest BCUT2D eigenvalue weighted by atomic mass is 32.1. The Morgan fingerprint density at radius 1 is 1.30 bits per heavy atom. The van der Waals surface area contributed by atoms with Gasteiger partial charge in [-0.15, -0.1) is 11.3 Å². The van der Waals surface area contributed by atoms with Crippen molar-refractivity contribution in [3.63, 3.8) is 0 Å². The first kappa shape index (κ1) is 13.8. The van der Waals surface area contributed by atoms with Crippen molar-refractivity contribution >= 4 is 11.3 Å². The third kappa shape index (κ3) is 3.11. The highest BCUT2D eigenvalue weighted by Crippen LogP contribution is 2.36. The van der Waals surface area contributed by atoms with E-state index in [1.54, 1.807) is 11.3 Å². The van der Waals surface area contributed by atoms with E-state index in [4.69, 9.17) is 4.98 Å². The molecule has 0 radical (unpaired) electrons. The molecule has 1 N–H and O–H groups in total. The largest absolute Gasteiger partial charge is 0.262 e. The Morgan fingerprint density at radius 2 is 2.15 bits per heavy atom. The van der Waals surface area contributed by atoms with Crippen molar-refractivity contribution in [2.75, 3.05) is 0 Å². The van der Waals surface area contributed by atoms with Crippen molar-refractivity contribution in [2.24, 2.45) is 5.92 Å². The molecule has 20 heavy (non-hydrogen) atoms. The molecule has 0 amide bonds. The normalized spacial score (nSPS) is 23.1. The van der Waals surface area contributed by atoms with Crippen LogP contribution >= 0.6 is 11.3 Å². The Morgan fingerprint density at radius 3 is 2.85 bits per heavy atom. The van der Waals surface area contributed by atoms with Crippen LogP contribution < -0.4 is 0 Å². The lowest BCUT2D eigenvalue weighted by molar-refractivity contribution is 0.299. The first-order valence-corrected chi connectivity index (χ1v) is 8.71. The van der Waals surface area contributed by atoms with E-state index in [9.17, 15) is 0 Å². The van der Waals surface area contributed by atoms with Crippen LogP contribution in [0.15, 0.2) is 17.5 Å². The monoisotopic (exact) mass is 289 g/mol. The number of thiophene rings is 1. The van der Waals surface area contributed by atoms with Gasteiger partial charge in [0.25, 0.3) is 0 Å². The predicted molar refractivity (Wildman–Crippen MR) is 83.9 cm³/mol. The number of aromatic nitrogens is 3. The predicted octanol–water partition coefficient (Wildman–Crippen LogP) is 5.00. The second-order valence-corrected chi connectivity index (χ2v) is 6.83. The fraction of sp³-hybridized carbons (Fsp3) is 0.625. The van der Waals surface area contributed by atoms with E-state index in [0.717, 1.165) is 22.4 Å². The molecule has 0 unspecified atom stereocenters. The zero-order chi connectivity index (χ0) is 13.8. The van der Waals surface area contributed by atoms with Crippen molar-refractivity contribution in [3.05, 3.63) is 23.3 Å². The maximum absolute atomic E-state index is 4.71. The van der Waals surface area contributed by atoms with Crippen LogP contribution in [-0.2, 0) is 0 Å². The molecule has 2 aromatic heterocycles.